The summed E-state index contributed by atoms with van der Waals surface area (Å²) in [7, 11) is 0. The average molecular weight is 361 g/mol. The van der Waals surface area contributed by atoms with Gasteiger partial charge in [0.2, 0.25) is 0 Å². The molecule has 0 bridgehead atoms. The van der Waals surface area contributed by atoms with Gasteiger partial charge in [0.05, 0.1) is 3.79 Å². The van der Waals surface area contributed by atoms with Crippen molar-refractivity contribution >= 4 is 44.7 Å². The van der Waals surface area contributed by atoms with Crippen molar-refractivity contribution in [2.24, 2.45) is 0 Å². The van der Waals surface area contributed by atoms with Crippen molar-refractivity contribution in [1.82, 2.24) is 9.97 Å². The van der Waals surface area contributed by atoms with E-state index in [1.54, 1.807) is 11.3 Å². The third kappa shape index (κ3) is 3.91. The Morgan fingerprint density at radius 3 is 2.79 bits per heavy atom. The molecule has 0 atom stereocenters. The molecule has 19 heavy (non-hydrogen) atoms. The van der Waals surface area contributed by atoms with Crippen LogP contribution in [-0.2, 0) is 6.42 Å². The number of anilines is 1. The Morgan fingerprint density at radius 2 is 2.16 bits per heavy atom. The van der Waals surface area contributed by atoms with Gasteiger partial charge in [-0.15, -0.1) is 11.3 Å². The Bertz CT molecular complexity index is 557. The number of aromatic nitrogens is 2. The topological polar surface area (TPSA) is 37.8 Å². The maximum atomic E-state index is 6.13. The number of hydrogen-bond donors (Lipinski definition) is 1. The highest BCUT2D eigenvalue weighted by atomic mass is 79.9. The molecule has 0 fully saturated rings. The maximum Gasteiger partial charge on any atom is 0.138 e. The van der Waals surface area contributed by atoms with E-state index in [1.807, 2.05) is 0 Å². The Balaban J connectivity index is 2.01. The smallest absolute Gasteiger partial charge is 0.138 e. The van der Waals surface area contributed by atoms with E-state index in [-0.39, 0.29) is 0 Å². The van der Waals surface area contributed by atoms with E-state index in [4.69, 9.17) is 11.6 Å². The predicted molar refractivity (Wildman–Crippen MR) is 85.3 cm³/mol. The predicted octanol–water partition coefficient (Wildman–Crippen LogP) is 4.73. The first kappa shape index (κ1) is 14.8. The summed E-state index contributed by atoms with van der Waals surface area (Å²) in [5.41, 5.74) is 0.983. The lowest BCUT2D eigenvalue weighted by atomic mass is 10.1. The molecule has 0 aliphatic heterocycles. The van der Waals surface area contributed by atoms with Gasteiger partial charge in [0.25, 0.3) is 0 Å². The number of halogens is 2. The van der Waals surface area contributed by atoms with E-state index in [1.165, 1.54) is 11.2 Å². The molecular weight excluding hydrogens is 346 g/mol. The van der Waals surface area contributed by atoms with Gasteiger partial charge in [-0.1, -0.05) is 25.4 Å². The van der Waals surface area contributed by atoms with E-state index in [0.717, 1.165) is 28.1 Å². The fourth-order valence-corrected chi connectivity index (χ4v) is 3.65. The standard InChI is InChI=1S/C13H15BrClN3S/c1-8(2)11-12(15)17-7-18-13(11)16-6-5-9-3-4-10(14)19-9/h3-4,7-8H,5-6H2,1-2H3,(H,16,17,18). The molecule has 2 aromatic heterocycles. The fourth-order valence-electron chi connectivity index (χ4n) is 1.82. The van der Waals surface area contributed by atoms with Crippen molar-refractivity contribution in [2.45, 2.75) is 26.2 Å². The molecular formula is C13H15BrClN3S. The lowest BCUT2D eigenvalue weighted by Gasteiger charge is -2.13. The molecule has 2 rings (SSSR count). The number of nitrogens with zero attached hydrogens (tertiary/aromatic N) is 2. The van der Waals surface area contributed by atoms with Gasteiger partial charge in [0.1, 0.15) is 17.3 Å². The summed E-state index contributed by atoms with van der Waals surface area (Å²) in [4.78, 5) is 9.66. The first-order chi connectivity index (χ1) is 9.08. The number of hydrogen-bond acceptors (Lipinski definition) is 4. The highest BCUT2D eigenvalue weighted by molar-refractivity contribution is 9.11. The second-order valence-electron chi connectivity index (χ2n) is 4.46. The molecule has 0 saturated heterocycles. The summed E-state index contributed by atoms with van der Waals surface area (Å²) in [6.07, 6.45) is 2.47. The van der Waals surface area contributed by atoms with Crippen LogP contribution in [0.3, 0.4) is 0 Å². The Kier molecular flexibility index (Phi) is 5.19. The van der Waals surface area contributed by atoms with Crippen LogP contribution in [0.15, 0.2) is 22.2 Å². The van der Waals surface area contributed by atoms with Crippen LogP contribution in [0.5, 0.6) is 0 Å². The van der Waals surface area contributed by atoms with Gasteiger partial charge in [0, 0.05) is 17.0 Å². The zero-order valence-electron chi connectivity index (χ0n) is 10.8. The zero-order valence-corrected chi connectivity index (χ0v) is 13.9. The van der Waals surface area contributed by atoms with Crippen LogP contribution in [0.25, 0.3) is 0 Å². The number of rotatable bonds is 5. The van der Waals surface area contributed by atoms with E-state index >= 15 is 0 Å². The minimum absolute atomic E-state index is 0.298. The number of thiophene rings is 1. The number of nitrogens with one attached hydrogen (secondary N) is 1. The van der Waals surface area contributed by atoms with Gasteiger partial charge in [-0.2, -0.15) is 0 Å². The lowest BCUT2D eigenvalue weighted by molar-refractivity contribution is 0.843. The van der Waals surface area contributed by atoms with Crippen LogP contribution >= 0.6 is 38.9 Å². The Hall–Kier alpha value is -0.650. The minimum atomic E-state index is 0.298. The Labute approximate surface area is 130 Å². The summed E-state index contributed by atoms with van der Waals surface area (Å²) >= 11 is 11.4. The van der Waals surface area contributed by atoms with Gasteiger partial charge >= 0.3 is 0 Å². The van der Waals surface area contributed by atoms with E-state index in [0.29, 0.717) is 11.1 Å². The van der Waals surface area contributed by atoms with Crippen molar-refractivity contribution in [2.75, 3.05) is 11.9 Å². The summed E-state index contributed by atoms with van der Waals surface area (Å²) in [6.45, 7) is 5.01. The van der Waals surface area contributed by atoms with Crippen LogP contribution in [-0.4, -0.2) is 16.5 Å². The van der Waals surface area contributed by atoms with E-state index < -0.39 is 0 Å². The van der Waals surface area contributed by atoms with Crippen LogP contribution < -0.4 is 5.32 Å². The minimum Gasteiger partial charge on any atom is -0.369 e. The normalized spacial score (nSPS) is 11.0. The monoisotopic (exact) mass is 359 g/mol. The maximum absolute atomic E-state index is 6.13. The highest BCUT2D eigenvalue weighted by Crippen LogP contribution is 2.28. The van der Waals surface area contributed by atoms with Crippen molar-refractivity contribution in [3.05, 3.63) is 37.8 Å². The highest BCUT2D eigenvalue weighted by Gasteiger charge is 2.13. The van der Waals surface area contributed by atoms with Crippen LogP contribution in [0.4, 0.5) is 5.82 Å². The first-order valence-electron chi connectivity index (χ1n) is 6.06. The van der Waals surface area contributed by atoms with Crippen molar-refractivity contribution in [3.63, 3.8) is 0 Å². The summed E-state index contributed by atoms with van der Waals surface area (Å²) in [6, 6.07) is 4.20. The molecule has 6 heteroatoms. The van der Waals surface area contributed by atoms with E-state index in [9.17, 15) is 0 Å². The van der Waals surface area contributed by atoms with E-state index in [2.05, 4.69) is 57.2 Å². The Morgan fingerprint density at radius 1 is 1.37 bits per heavy atom. The third-order valence-electron chi connectivity index (χ3n) is 2.71. The molecule has 2 heterocycles. The van der Waals surface area contributed by atoms with Gasteiger partial charge in [-0.05, 0) is 40.4 Å². The van der Waals surface area contributed by atoms with Crippen LogP contribution in [0, 0.1) is 0 Å². The second kappa shape index (κ2) is 6.68. The molecule has 2 aromatic rings. The van der Waals surface area contributed by atoms with Gasteiger partial charge in [-0.25, -0.2) is 9.97 Å². The third-order valence-corrected chi connectivity index (χ3v) is 4.69. The molecule has 0 aromatic carbocycles. The van der Waals surface area contributed by atoms with Gasteiger partial charge < -0.3 is 5.32 Å². The SMILES string of the molecule is CC(C)c1c(Cl)ncnc1NCCc1ccc(Br)s1. The quantitative estimate of drug-likeness (QED) is 0.783. The summed E-state index contributed by atoms with van der Waals surface area (Å²) in [5.74, 6) is 1.14. The van der Waals surface area contributed by atoms with Gasteiger partial charge in [0.15, 0.2) is 0 Å². The van der Waals surface area contributed by atoms with Crippen molar-refractivity contribution in [1.29, 1.82) is 0 Å². The fraction of sp³-hybridized carbons (Fsp3) is 0.385. The molecule has 0 amide bonds. The first-order valence-corrected chi connectivity index (χ1v) is 8.05. The van der Waals surface area contributed by atoms with Crippen molar-refractivity contribution < 1.29 is 0 Å². The summed E-state index contributed by atoms with van der Waals surface area (Å²) < 4.78 is 1.16. The van der Waals surface area contributed by atoms with Crippen LogP contribution in [0.1, 0.15) is 30.2 Å². The molecule has 0 saturated carbocycles. The zero-order chi connectivity index (χ0) is 13.8. The molecule has 1 N–H and O–H groups in total. The molecule has 0 spiro atoms. The molecule has 0 unspecified atom stereocenters. The molecule has 0 aliphatic carbocycles. The average Bonchev–Trinajstić information content (AvgIpc) is 2.74. The molecule has 3 nitrogen and oxygen atoms in total. The van der Waals surface area contributed by atoms with Crippen molar-refractivity contribution in [3.8, 4) is 0 Å². The lowest BCUT2D eigenvalue weighted by Crippen LogP contribution is -2.09. The van der Waals surface area contributed by atoms with Crippen LogP contribution in [0.2, 0.25) is 5.15 Å². The summed E-state index contributed by atoms with van der Waals surface area (Å²) in [5, 5.41) is 3.88. The second-order valence-corrected chi connectivity index (χ2v) is 7.37. The molecule has 0 radical (unpaired) electrons. The largest absolute Gasteiger partial charge is 0.369 e. The van der Waals surface area contributed by atoms with Gasteiger partial charge in [-0.3, -0.25) is 0 Å². The molecule has 102 valence electrons. The molecule has 0 aliphatic rings.